The number of nitrogen functional groups attached to an aromatic ring is 1. The number of anilines is 1. The Morgan fingerprint density at radius 3 is 2.58 bits per heavy atom. The summed E-state index contributed by atoms with van der Waals surface area (Å²) in [7, 11) is 3.01. The lowest BCUT2D eigenvalue weighted by atomic mass is 10.1. The third-order valence-electron chi connectivity index (χ3n) is 2.58. The van der Waals surface area contributed by atoms with Crippen LogP contribution < -0.4 is 20.5 Å². The molecule has 0 saturated heterocycles. The van der Waals surface area contributed by atoms with Crippen molar-refractivity contribution in [3.8, 4) is 23.8 Å². The van der Waals surface area contributed by atoms with Gasteiger partial charge in [-0.3, -0.25) is 4.79 Å². The molecule has 0 bridgehead atoms. The fraction of sp³-hybridized carbons (Fsp3) is 0.357. The molecule has 0 radical (unpaired) electrons. The topological polar surface area (TPSA) is 73.6 Å². The van der Waals surface area contributed by atoms with E-state index in [4.69, 9.17) is 21.6 Å². The van der Waals surface area contributed by atoms with Crippen LogP contribution in [0.2, 0.25) is 0 Å². The molecule has 1 aromatic carbocycles. The highest BCUT2D eigenvalue weighted by Crippen LogP contribution is 2.31. The fourth-order valence-corrected chi connectivity index (χ4v) is 1.58. The van der Waals surface area contributed by atoms with Gasteiger partial charge in [0, 0.05) is 24.7 Å². The smallest absolute Gasteiger partial charge is 0.253 e. The maximum atomic E-state index is 12.0. The maximum Gasteiger partial charge on any atom is 0.253 e. The predicted octanol–water partition coefficient (Wildman–Crippen LogP) is 1.43. The number of ether oxygens (including phenoxy) is 2. The van der Waals surface area contributed by atoms with E-state index in [9.17, 15) is 4.79 Å². The summed E-state index contributed by atoms with van der Waals surface area (Å²) in [5, 5.41) is 2.75. The van der Waals surface area contributed by atoms with E-state index < -0.39 is 0 Å². The van der Waals surface area contributed by atoms with Crippen molar-refractivity contribution in [2.45, 2.75) is 12.8 Å². The number of terminal acetylenes is 1. The zero-order chi connectivity index (χ0) is 14.3. The highest BCUT2D eigenvalue weighted by Gasteiger charge is 2.14. The van der Waals surface area contributed by atoms with E-state index in [-0.39, 0.29) is 5.91 Å². The van der Waals surface area contributed by atoms with E-state index in [1.807, 2.05) is 0 Å². The molecule has 0 unspecified atom stereocenters. The number of hydrogen-bond acceptors (Lipinski definition) is 4. The minimum Gasteiger partial charge on any atom is -0.493 e. The van der Waals surface area contributed by atoms with Crippen LogP contribution >= 0.6 is 0 Å². The number of nitrogens with one attached hydrogen (secondary N) is 1. The standard InChI is InChI=1S/C14H18N2O3/c1-4-5-6-7-16-14(17)10-8-12(18-2)13(19-3)9-11(10)15/h1,8-9H,5-7,15H2,2-3H3,(H,16,17). The summed E-state index contributed by atoms with van der Waals surface area (Å²) in [6.07, 6.45) is 6.50. The van der Waals surface area contributed by atoms with Gasteiger partial charge in [-0.25, -0.2) is 0 Å². The van der Waals surface area contributed by atoms with Crippen molar-refractivity contribution in [2.75, 3.05) is 26.5 Å². The Bertz CT molecular complexity index is 492. The molecule has 0 atom stereocenters. The molecule has 1 rings (SSSR count). The molecular weight excluding hydrogens is 244 g/mol. The van der Waals surface area contributed by atoms with Gasteiger partial charge in [-0.15, -0.1) is 12.3 Å². The molecule has 5 nitrogen and oxygen atoms in total. The molecule has 0 aliphatic rings. The largest absolute Gasteiger partial charge is 0.493 e. The van der Waals surface area contributed by atoms with Crippen molar-refractivity contribution in [1.29, 1.82) is 0 Å². The molecule has 0 saturated carbocycles. The van der Waals surface area contributed by atoms with E-state index in [1.165, 1.54) is 14.2 Å². The van der Waals surface area contributed by atoms with E-state index in [2.05, 4.69) is 11.2 Å². The highest BCUT2D eigenvalue weighted by molar-refractivity contribution is 6.00. The van der Waals surface area contributed by atoms with Crippen LogP contribution in [0.3, 0.4) is 0 Å². The molecule has 0 aliphatic heterocycles. The number of carbonyl (C=O) groups excluding carboxylic acids is 1. The van der Waals surface area contributed by atoms with E-state index >= 15 is 0 Å². The second-order valence-corrected chi connectivity index (χ2v) is 3.86. The van der Waals surface area contributed by atoms with Gasteiger partial charge >= 0.3 is 0 Å². The summed E-state index contributed by atoms with van der Waals surface area (Å²) in [6, 6.07) is 3.12. The first-order valence-electron chi connectivity index (χ1n) is 5.87. The van der Waals surface area contributed by atoms with Crippen molar-refractivity contribution in [3.05, 3.63) is 17.7 Å². The minimum absolute atomic E-state index is 0.254. The summed E-state index contributed by atoms with van der Waals surface area (Å²) in [5.41, 5.74) is 6.52. The molecule has 1 amide bonds. The third kappa shape index (κ3) is 3.81. The maximum absolute atomic E-state index is 12.0. The van der Waals surface area contributed by atoms with Gasteiger partial charge < -0.3 is 20.5 Å². The lowest BCUT2D eigenvalue weighted by molar-refractivity contribution is 0.0954. The first-order chi connectivity index (χ1) is 9.13. The average Bonchev–Trinajstić information content (AvgIpc) is 2.42. The number of methoxy groups -OCH3 is 2. The van der Waals surface area contributed by atoms with Crippen LogP contribution in [-0.4, -0.2) is 26.7 Å². The number of nitrogens with two attached hydrogens (primary N) is 1. The lowest BCUT2D eigenvalue weighted by Gasteiger charge is -2.12. The molecule has 3 N–H and O–H groups in total. The Morgan fingerprint density at radius 1 is 1.37 bits per heavy atom. The Labute approximate surface area is 113 Å². The summed E-state index contributed by atoms with van der Waals surface area (Å²) in [5.74, 6) is 3.21. The van der Waals surface area contributed by atoms with Crippen LogP contribution in [-0.2, 0) is 0 Å². The molecule has 0 aliphatic carbocycles. The zero-order valence-electron chi connectivity index (χ0n) is 11.2. The van der Waals surface area contributed by atoms with Gasteiger partial charge in [0.2, 0.25) is 0 Å². The van der Waals surface area contributed by atoms with Crippen molar-refractivity contribution in [1.82, 2.24) is 5.32 Å². The SMILES string of the molecule is C#CCCCNC(=O)c1cc(OC)c(OC)cc1N. The first-order valence-corrected chi connectivity index (χ1v) is 5.87. The van der Waals surface area contributed by atoms with Gasteiger partial charge in [-0.1, -0.05) is 0 Å². The molecule has 1 aromatic rings. The Hall–Kier alpha value is -2.35. The van der Waals surface area contributed by atoms with Crippen LogP contribution in [0, 0.1) is 12.3 Å². The molecular formula is C14H18N2O3. The first kappa shape index (κ1) is 14.7. The molecule has 19 heavy (non-hydrogen) atoms. The summed E-state index contributed by atoms with van der Waals surface area (Å²) in [6.45, 7) is 0.511. The van der Waals surface area contributed by atoms with Gasteiger partial charge in [0.25, 0.3) is 5.91 Å². The van der Waals surface area contributed by atoms with Gasteiger partial charge in [-0.05, 0) is 12.5 Å². The Kier molecular flexibility index (Phi) is 5.55. The predicted molar refractivity (Wildman–Crippen MR) is 74.4 cm³/mol. The van der Waals surface area contributed by atoms with Crippen LogP contribution in [0.4, 0.5) is 5.69 Å². The third-order valence-corrected chi connectivity index (χ3v) is 2.58. The summed E-state index contributed by atoms with van der Waals surface area (Å²) in [4.78, 5) is 12.0. The van der Waals surface area contributed by atoms with Gasteiger partial charge in [0.15, 0.2) is 11.5 Å². The van der Waals surface area contributed by atoms with Crippen molar-refractivity contribution in [3.63, 3.8) is 0 Å². The fourth-order valence-electron chi connectivity index (χ4n) is 1.58. The summed E-state index contributed by atoms with van der Waals surface area (Å²) < 4.78 is 10.2. The van der Waals surface area contributed by atoms with E-state index in [0.717, 1.165) is 6.42 Å². The Balaban J connectivity index is 2.82. The number of hydrogen-bond donors (Lipinski definition) is 2. The van der Waals surface area contributed by atoms with Crippen LogP contribution in [0.5, 0.6) is 11.5 Å². The highest BCUT2D eigenvalue weighted by atomic mass is 16.5. The van der Waals surface area contributed by atoms with Crippen molar-refractivity contribution >= 4 is 11.6 Å². The molecule has 102 valence electrons. The van der Waals surface area contributed by atoms with Gasteiger partial charge in [0.05, 0.1) is 19.8 Å². The Morgan fingerprint density at radius 2 is 2.00 bits per heavy atom. The summed E-state index contributed by atoms with van der Waals surface area (Å²) >= 11 is 0. The van der Waals surface area contributed by atoms with Crippen LogP contribution in [0.1, 0.15) is 23.2 Å². The van der Waals surface area contributed by atoms with Gasteiger partial charge in [-0.2, -0.15) is 0 Å². The molecule has 0 fully saturated rings. The van der Waals surface area contributed by atoms with Gasteiger partial charge in [0.1, 0.15) is 0 Å². The molecule has 0 aromatic heterocycles. The molecule has 0 spiro atoms. The number of unbranched alkanes of at least 4 members (excludes halogenated alkanes) is 1. The number of carbonyl (C=O) groups is 1. The number of benzene rings is 1. The van der Waals surface area contributed by atoms with Crippen LogP contribution in [0.25, 0.3) is 0 Å². The number of amides is 1. The van der Waals surface area contributed by atoms with Crippen LogP contribution in [0.15, 0.2) is 12.1 Å². The normalized spacial score (nSPS) is 9.53. The minimum atomic E-state index is -0.254. The second kappa shape index (κ2) is 7.17. The zero-order valence-corrected chi connectivity index (χ0v) is 11.2. The monoisotopic (exact) mass is 262 g/mol. The van der Waals surface area contributed by atoms with Crippen molar-refractivity contribution in [2.24, 2.45) is 0 Å². The lowest BCUT2D eigenvalue weighted by Crippen LogP contribution is -2.25. The molecule has 5 heteroatoms. The van der Waals surface area contributed by atoms with E-state index in [1.54, 1.807) is 12.1 Å². The quantitative estimate of drug-likeness (QED) is 0.462. The second-order valence-electron chi connectivity index (χ2n) is 3.86. The van der Waals surface area contributed by atoms with E-state index in [0.29, 0.717) is 35.7 Å². The van der Waals surface area contributed by atoms with Crippen molar-refractivity contribution < 1.29 is 14.3 Å². The molecule has 0 heterocycles. The number of rotatable bonds is 6. The average molecular weight is 262 g/mol.